The molecule has 4 heteroatoms. The number of halogens is 1. The van der Waals surface area contributed by atoms with Crippen LogP contribution in [0.2, 0.25) is 5.02 Å². The van der Waals surface area contributed by atoms with E-state index in [9.17, 15) is 4.79 Å². The molecule has 1 heterocycles. The van der Waals surface area contributed by atoms with Crippen molar-refractivity contribution in [2.75, 3.05) is 18.1 Å². The van der Waals surface area contributed by atoms with Crippen LogP contribution in [0.15, 0.2) is 18.2 Å². The third-order valence-electron chi connectivity index (χ3n) is 3.28. The average molecular weight is 292 g/mol. The van der Waals surface area contributed by atoms with Gasteiger partial charge in [-0.1, -0.05) is 29.9 Å². The minimum atomic E-state index is 0.0333. The van der Waals surface area contributed by atoms with E-state index in [1.54, 1.807) is 12.1 Å². The lowest BCUT2D eigenvalue weighted by Gasteiger charge is -2.22. The molecule has 1 aromatic carbocycles. The molecule has 3 nitrogen and oxygen atoms in total. The molecule has 0 aromatic heterocycles. The van der Waals surface area contributed by atoms with Crippen molar-refractivity contribution in [1.82, 2.24) is 0 Å². The molecule has 0 radical (unpaired) electrons. The molecule has 106 valence electrons. The normalized spacial score (nSPS) is 15.5. The van der Waals surface area contributed by atoms with E-state index in [1.165, 1.54) is 0 Å². The number of nitrogens with zero attached hydrogens (tertiary/aromatic N) is 1. The summed E-state index contributed by atoms with van der Waals surface area (Å²) in [7, 11) is 0. The standard InChI is InChI=1S/C16H18ClNO2/c17-14-8-9-15(13(12-14)6-3-5-11-19)18-10-4-1-2-7-16(18)20/h8-9,12,19H,1-2,4-5,7,10-11H2. The summed E-state index contributed by atoms with van der Waals surface area (Å²) in [5.41, 5.74) is 1.58. The number of carbonyl (C=O) groups excluding carboxylic acids is 1. The molecule has 0 saturated carbocycles. The van der Waals surface area contributed by atoms with Crippen LogP contribution in [0.4, 0.5) is 5.69 Å². The number of aliphatic hydroxyl groups excluding tert-OH is 1. The highest BCUT2D eigenvalue weighted by molar-refractivity contribution is 6.30. The third-order valence-corrected chi connectivity index (χ3v) is 3.52. The second-order valence-electron chi connectivity index (χ2n) is 4.79. The van der Waals surface area contributed by atoms with Gasteiger partial charge in [-0.2, -0.15) is 0 Å². The number of hydrogen-bond donors (Lipinski definition) is 1. The Balaban J connectivity index is 2.34. The van der Waals surface area contributed by atoms with E-state index in [4.69, 9.17) is 16.7 Å². The summed E-state index contributed by atoms with van der Waals surface area (Å²) in [6.45, 7) is 0.765. The first-order valence-electron chi connectivity index (χ1n) is 6.92. The molecule has 20 heavy (non-hydrogen) atoms. The molecule has 1 fully saturated rings. The monoisotopic (exact) mass is 291 g/mol. The van der Waals surface area contributed by atoms with Crippen molar-refractivity contribution in [2.45, 2.75) is 32.1 Å². The smallest absolute Gasteiger partial charge is 0.227 e. The van der Waals surface area contributed by atoms with Crippen molar-refractivity contribution in [3.8, 4) is 11.8 Å². The number of anilines is 1. The lowest BCUT2D eigenvalue weighted by molar-refractivity contribution is -0.118. The van der Waals surface area contributed by atoms with Gasteiger partial charge >= 0.3 is 0 Å². The SMILES string of the molecule is O=C1CCCCCN1c1ccc(Cl)cc1C#CCCO. The Morgan fingerprint density at radius 3 is 2.95 bits per heavy atom. The van der Waals surface area contributed by atoms with Gasteiger partial charge in [0.15, 0.2) is 0 Å². The van der Waals surface area contributed by atoms with Gasteiger partial charge in [0.2, 0.25) is 5.91 Å². The molecule has 1 aliphatic heterocycles. The first-order chi connectivity index (χ1) is 9.72. The number of hydrogen-bond acceptors (Lipinski definition) is 2. The van der Waals surface area contributed by atoms with Crippen LogP contribution in [-0.4, -0.2) is 24.2 Å². The zero-order valence-corrected chi connectivity index (χ0v) is 12.1. The zero-order valence-electron chi connectivity index (χ0n) is 11.4. The van der Waals surface area contributed by atoms with E-state index in [0.717, 1.165) is 37.1 Å². The van der Waals surface area contributed by atoms with Gasteiger partial charge in [0.1, 0.15) is 0 Å². The van der Waals surface area contributed by atoms with Gasteiger partial charge in [0.25, 0.3) is 0 Å². The number of aliphatic hydroxyl groups is 1. The first kappa shape index (κ1) is 14.9. The van der Waals surface area contributed by atoms with E-state index >= 15 is 0 Å². The number of amides is 1. The number of carbonyl (C=O) groups is 1. The van der Waals surface area contributed by atoms with Crippen molar-refractivity contribution in [3.05, 3.63) is 28.8 Å². The zero-order chi connectivity index (χ0) is 14.4. The molecule has 1 N–H and O–H groups in total. The second-order valence-corrected chi connectivity index (χ2v) is 5.23. The van der Waals surface area contributed by atoms with Crippen molar-refractivity contribution >= 4 is 23.2 Å². The van der Waals surface area contributed by atoms with Crippen molar-refractivity contribution in [1.29, 1.82) is 0 Å². The molecule has 1 aromatic rings. The van der Waals surface area contributed by atoms with Crippen LogP contribution in [0.1, 0.15) is 37.7 Å². The summed E-state index contributed by atoms with van der Waals surface area (Å²) in [6.07, 6.45) is 4.06. The van der Waals surface area contributed by atoms with Gasteiger partial charge in [-0.15, -0.1) is 0 Å². The highest BCUT2D eigenvalue weighted by Gasteiger charge is 2.20. The highest BCUT2D eigenvalue weighted by Crippen LogP contribution is 2.26. The fraction of sp³-hybridized carbons (Fsp3) is 0.438. The molecule has 0 spiro atoms. The summed E-state index contributed by atoms with van der Waals surface area (Å²) in [5.74, 6) is 6.05. The maximum atomic E-state index is 12.2. The topological polar surface area (TPSA) is 40.5 Å². The van der Waals surface area contributed by atoms with Crippen LogP contribution in [0.25, 0.3) is 0 Å². The predicted molar refractivity (Wildman–Crippen MR) is 80.9 cm³/mol. The lowest BCUT2D eigenvalue weighted by Crippen LogP contribution is -2.30. The van der Waals surface area contributed by atoms with Gasteiger partial charge in [0.05, 0.1) is 12.3 Å². The summed E-state index contributed by atoms with van der Waals surface area (Å²) in [5, 5.41) is 9.40. The van der Waals surface area contributed by atoms with E-state index in [2.05, 4.69) is 11.8 Å². The molecular formula is C16H18ClNO2. The fourth-order valence-corrected chi connectivity index (χ4v) is 2.47. The molecule has 1 amide bonds. The van der Waals surface area contributed by atoms with Crippen molar-refractivity contribution in [2.24, 2.45) is 0 Å². The van der Waals surface area contributed by atoms with E-state index < -0.39 is 0 Å². The van der Waals surface area contributed by atoms with Crippen LogP contribution in [0.3, 0.4) is 0 Å². The van der Waals surface area contributed by atoms with Gasteiger partial charge in [-0.25, -0.2) is 0 Å². The molecule has 0 unspecified atom stereocenters. The van der Waals surface area contributed by atoms with Crippen LogP contribution in [0, 0.1) is 11.8 Å². The molecule has 0 aliphatic carbocycles. The summed E-state index contributed by atoms with van der Waals surface area (Å²) < 4.78 is 0. The van der Waals surface area contributed by atoms with Crippen LogP contribution >= 0.6 is 11.6 Å². The Morgan fingerprint density at radius 2 is 2.15 bits per heavy atom. The van der Waals surface area contributed by atoms with E-state index in [-0.39, 0.29) is 12.5 Å². The minimum Gasteiger partial charge on any atom is -0.395 e. The summed E-state index contributed by atoms with van der Waals surface area (Å²) >= 11 is 6.02. The summed E-state index contributed by atoms with van der Waals surface area (Å²) in [4.78, 5) is 14.0. The second kappa shape index (κ2) is 7.33. The van der Waals surface area contributed by atoms with Crippen LogP contribution in [-0.2, 0) is 4.79 Å². The van der Waals surface area contributed by atoms with Gasteiger partial charge in [-0.3, -0.25) is 4.79 Å². The molecule has 1 saturated heterocycles. The minimum absolute atomic E-state index is 0.0333. The van der Waals surface area contributed by atoms with E-state index in [0.29, 0.717) is 17.9 Å². The maximum Gasteiger partial charge on any atom is 0.227 e. The van der Waals surface area contributed by atoms with Crippen molar-refractivity contribution < 1.29 is 9.90 Å². The lowest BCUT2D eigenvalue weighted by atomic mass is 10.1. The van der Waals surface area contributed by atoms with Gasteiger partial charge in [-0.05, 0) is 31.0 Å². The quantitative estimate of drug-likeness (QED) is 0.851. The van der Waals surface area contributed by atoms with Crippen LogP contribution < -0.4 is 4.90 Å². The molecule has 0 atom stereocenters. The number of rotatable bonds is 2. The molecule has 2 rings (SSSR count). The molecule has 1 aliphatic rings. The Kier molecular flexibility index (Phi) is 5.46. The Labute approximate surface area is 124 Å². The van der Waals surface area contributed by atoms with Gasteiger partial charge in [0, 0.05) is 30.0 Å². The largest absolute Gasteiger partial charge is 0.395 e. The predicted octanol–water partition coefficient (Wildman–Crippen LogP) is 2.98. The van der Waals surface area contributed by atoms with Crippen molar-refractivity contribution in [3.63, 3.8) is 0 Å². The van der Waals surface area contributed by atoms with Gasteiger partial charge < -0.3 is 10.0 Å². The molecule has 0 bridgehead atoms. The first-order valence-corrected chi connectivity index (χ1v) is 7.30. The van der Waals surface area contributed by atoms with Crippen LogP contribution in [0.5, 0.6) is 0 Å². The summed E-state index contributed by atoms with van der Waals surface area (Å²) in [6, 6.07) is 5.42. The molecular weight excluding hydrogens is 274 g/mol. The number of benzene rings is 1. The average Bonchev–Trinajstić information content (AvgIpc) is 2.64. The Morgan fingerprint density at radius 1 is 1.30 bits per heavy atom. The Bertz CT molecular complexity index is 545. The maximum absolute atomic E-state index is 12.2. The Hall–Kier alpha value is -1.50. The highest BCUT2D eigenvalue weighted by atomic mass is 35.5. The fourth-order valence-electron chi connectivity index (χ4n) is 2.29. The van der Waals surface area contributed by atoms with E-state index in [1.807, 2.05) is 11.0 Å². The third kappa shape index (κ3) is 3.75.